The van der Waals surface area contributed by atoms with Crippen molar-refractivity contribution in [1.82, 2.24) is 25.1 Å². The average Bonchev–Trinajstić information content (AvgIpc) is 3.24. The maximum absolute atomic E-state index is 6.06. The summed E-state index contributed by atoms with van der Waals surface area (Å²) in [5.41, 5.74) is 4.93. The van der Waals surface area contributed by atoms with Crippen molar-refractivity contribution in [2.24, 2.45) is 0 Å². The normalized spacial score (nSPS) is 16.0. The highest BCUT2D eigenvalue weighted by atomic mass is 35.5. The van der Waals surface area contributed by atoms with Gasteiger partial charge in [0, 0.05) is 42.3 Å². The van der Waals surface area contributed by atoms with Crippen molar-refractivity contribution < 1.29 is 0 Å². The number of aromatic nitrogens is 4. The predicted molar refractivity (Wildman–Crippen MR) is 106 cm³/mol. The lowest BCUT2D eigenvalue weighted by atomic mass is 10.2. The number of H-pyrrole nitrogens is 2. The highest BCUT2D eigenvalue weighted by Gasteiger charge is 2.16. The van der Waals surface area contributed by atoms with Gasteiger partial charge in [-0.05, 0) is 43.4 Å². The van der Waals surface area contributed by atoms with Crippen LogP contribution in [-0.2, 0) is 0 Å². The van der Waals surface area contributed by atoms with Crippen LogP contribution in [0.1, 0.15) is 0 Å². The van der Waals surface area contributed by atoms with Gasteiger partial charge < -0.3 is 14.8 Å². The molecule has 0 spiro atoms. The minimum absolute atomic E-state index is 0.689. The van der Waals surface area contributed by atoms with Crippen LogP contribution in [0.2, 0.25) is 5.02 Å². The topological polar surface area (TPSA) is 63.8 Å². The number of anilines is 1. The number of nitrogens with zero attached hydrogens (tertiary/aromatic N) is 4. The fraction of sp³-hybridized carbons (Fsp3) is 0.263. The monoisotopic (exact) mass is 366 g/mol. The van der Waals surface area contributed by atoms with Gasteiger partial charge >= 0.3 is 0 Å². The first-order chi connectivity index (χ1) is 12.7. The molecule has 1 fully saturated rings. The fourth-order valence-corrected chi connectivity index (χ4v) is 3.72. The molecular weight excluding hydrogens is 348 g/mol. The van der Waals surface area contributed by atoms with Gasteiger partial charge in [-0.25, -0.2) is 4.98 Å². The highest BCUT2D eigenvalue weighted by Crippen LogP contribution is 2.29. The molecule has 0 aliphatic carbocycles. The lowest BCUT2D eigenvalue weighted by Gasteiger charge is -2.34. The number of rotatable bonds is 2. The van der Waals surface area contributed by atoms with Crippen LogP contribution < -0.4 is 4.90 Å². The van der Waals surface area contributed by atoms with E-state index in [-0.39, 0.29) is 0 Å². The molecule has 5 rings (SSSR count). The van der Waals surface area contributed by atoms with Crippen molar-refractivity contribution in [2.45, 2.75) is 0 Å². The van der Waals surface area contributed by atoms with Gasteiger partial charge in [-0.3, -0.25) is 5.10 Å². The zero-order valence-corrected chi connectivity index (χ0v) is 15.2. The second-order valence-corrected chi connectivity index (χ2v) is 7.28. The van der Waals surface area contributed by atoms with Gasteiger partial charge in [0.05, 0.1) is 16.6 Å². The Hall–Kier alpha value is -2.57. The standard InChI is InChI=1S/C19H19ClN6/c1-25-6-8-26(9-7-25)13-3-5-15-17(11-13)22-19(21-15)18-14-4-2-12(20)10-16(14)23-24-18/h2-5,10-11H,6-9H2,1H3,(H,21,22)(H,23,24). The van der Waals surface area contributed by atoms with E-state index in [2.05, 4.69) is 50.2 Å². The molecule has 132 valence electrons. The van der Waals surface area contributed by atoms with Gasteiger partial charge in [-0.1, -0.05) is 11.6 Å². The summed E-state index contributed by atoms with van der Waals surface area (Å²) in [4.78, 5) is 12.9. The van der Waals surface area contributed by atoms with E-state index in [1.807, 2.05) is 18.2 Å². The molecule has 1 saturated heterocycles. The van der Waals surface area contributed by atoms with Crippen molar-refractivity contribution in [1.29, 1.82) is 0 Å². The predicted octanol–water partition coefficient (Wildman–Crippen LogP) is 3.51. The van der Waals surface area contributed by atoms with Crippen LogP contribution in [-0.4, -0.2) is 58.3 Å². The van der Waals surface area contributed by atoms with E-state index >= 15 is 0 Å². The number of piperazine rings is 1. The Morgan fingerprint density at radius 3 is 2.69 bits per heavy atom. The summed E-state index contributed by atoms with van der Waals surface area (Å²) in [5.74, 6) is 0.768. The van der Waals surface area contributed by atoms with Crippen LogP contribution in [0.15, 0.2) is 36.4 Å². The second-order valence-electron chi connectivity index (χ2n) is 6.84. The number of benzene rings is 2. The molecule has 2 aromatic heterocycles. The van der Waals surface area contributed by atoms with E-state index < -0.39 is 0 Å². The lowest BCUT2D eigenvalue weighted by Crippen LogP contribution is -2.44. The van der Waals surface area contributed by atoms with Gasteiger partial charge in [0.2, 0.25) is 0 Å². The number of hydrogen-bond acceptors (Lipinski definition) is 4. The zero-order valence-electron chi connectivity index (χ0n) is 14.5. The Bertz CT molecular complexity index is 1090. The van der Waals surface area contributed by atoms with Crippen LogP contribution in [0.5, 0.6) is 0 Å². The molecule has 2 aromatic carbocycles. The number of halogens is 1. The summed E-state index contributed by atoms with van der Waals surface area (Å²) in [6.07, 6.45) is 0. The number of hydrogen-bond donors (Lipinski definition) is 2. The molecule has 7 heteroatoms. The maximum atomic E-state index is 6.06. The van der Waals surface area contributed by atoms with Crippen molar-refractivity contribution in [2.75, 3.05) is 38.1 Å². The Labute approximate surface area is 155 Å². The summed E-state index contributed by atoms with van der Waals surface area (Å²) in [6.45, 7) is 4.28. The largest absolute Gasteiger partial charge is 0.369 e. The minimum atomic E-state index is 0.689. The average molecular weight is 367 g/mol. The SMILES string of the molecule is CN1CCN(c2ccc3nc(-c4n[nH]c5cc(Cl)ccc45)[nH]c3c2)CC1. The van der Waals surface area contributed by atoms with Crippen molar-refractivity contribution >= 4 is 39.2 Å². The third-order valence-corrected chi connectivity index (χ3v) is 5.32. The summed E-state index contributed by atoms with van der Waals surface area (Å²) in [5, 5.41) is 9.16. The molecule has 2 N–H and O–H groups in total. The number of likely N-dealkylation sites (N-methyl/N-ethyl adjacent to an activating group) is 1. The van der Waals surface area contributed by atoms with E-state index in [0.29, 0.717) is 5.02 Å². The lowest BCUT2D eigenvalue weighted by molar-refractivity contribution is 0.313. The number of aromatic amines is 2. The Morgan fingerprint density at radius 1 is 1.00 bits per heavy atom. The number of nitrogens with one attached hydrogen (secondary N) is 2. The molecule has 0 saturated carbocycles. The molecule has 0 unspecified atom stereocenters. The van der Waals surface area contributed by atoms with Gasteiger partial charge in [0.15, 0.2) is 5.82 Å². The first-order valence-electron chi connectivity index (χ1n) is 8.75. The van der Waals surface area contributed by atoms with Crippen molar-refractivity contribution in [3.8, 4) is 11.5 Å². The van der Waals surface area contributed by atoms with Gasteiger partial charge in [0.1, 0.15) is 5.69 Å². The van der Waals surface area contributed by atoms with Crippen molar-refractivity contribution in [3.05, 3.63) is 41.4 Å². The molecule has 0 atom stereocenters. The van der Waals surface area contributed by atoms with E-state index in [9.17, 15) is 0 Å². The third kappa shape index (κ3) is 2.62. The Balaban J connectivity index is 1.53. The van der Waals surface area contributed by atoms with Crippen LogP contribution in [0.3, 0.4) is 0 Å². The van der Waals surface area contributed by atoms with Crippen LogP contribution in [0.25, 0.3) is 33.5 Å². The Kier molecular flexibility index (Phi) is 3.62. The molecule has 6 nitrogen and oxygen atoms in total. The smallest absolute Gasteiger partial charge is 0.159 e. The van der Waals surface area contributed by atoms with Crippen LogP contribution in [0, 0.1) is 0 Å². The molecule has 26 heavy (non-hydrogen) atoms. The van der Waals surface area contributed by atoms with Crippen LogP contribution >= 0.6 is 11.6 Å². The van der Waals surface area contributed by atoms with Gasteiger partial charge in [0.25, 0.3) is 0 Å². The molecule has 1 aliphatic rings. The summed E-state index contributed by atoms with van der Waals surface area (Å²) < 4.78 is 0. The molecular formula is C19H19ClN6. The van der Waals surface area contributed by atoms with E-state index in [4.69, 9.17) is 16.6 Å². The molecule has 0 radical (unpaired) electrons. The molecule has 1 aliphatic heterocycles. The highest BCUT2D eigenvalue weighted by molar-refractivity contribution is 6.31. The summed E-state index contributed by atoms with van der Waals surface area (Å²) in [7, 11) is 2.17. The summed E-state index contributed by atoms with van der Waals surface area (Å²) >= 11 is 6.06. The number of fused-ring (bicyclic) bond motifs is 2. The minimum Gasteiger partial charge on any atom is -0.369 e. The first-order valence-corrected chi connectivity index (χ1v) is 9.12. The van der Waals surface area contributed by atoms with E-state index in [1.54, 1.807) is 0 Å². The molecule has 4 aromatic rings. The number of imidazole rings is 1. The maximum Gasteiger partial charge on any atom is 0.159 e. The van der Waals surface area contributed by atoms with Crippen LogP contribution in [0.4, 0.5) is 5.69 Å². The third-order valence-electron chi connectivity index (χ3n) is 5.08. The second kappa shape index (κ2) is 6.00. The molecule has 0 amide bonds. The molecule has 0 bridgehead atoms. The summed E-state index contributed by atoms with van der Waals surface area (Å²) in [6, 6.07) is 12.1. The zero-order chi connectivity index (χ0) is 17.7. The van der Waals surface area contributed by atoms with Gasteiger partial charge in [-0.15, -0.1) is 0 Å². The Morgan fingerprint density at radius 2 is 1.85 bits per heavy atom. The van der Waals surface area contributed by atoms with E-state index in [0.717, 1.165) is 59.6 Å². The van der Waals surface area contributed by atoms with Gasteiger partial charge in [-0.2, -0.15) is 5.10 Å². The fourth-order valence-electron chi connectivity index (χ4n) is 3.54. The quantitative estimate of drug-likeness (QED) is 0.570. The molecule has 3 heterocycles. The van der Waals surface area contributed by atoms with E-state index in [1.165, 1.54) is 5.69 Å². The first kappa shape index (κ1) is 15.7. The van der Waals surface area contributed by atoms with Crippen molar-refractivity contribution in [3.63, 3.8) is 0 Å².